The fourth-order valence-corrected chi connectivity index (χ4v) is 4.24. The van der Waals surface area contributed by atoms with Crippen molar-refractivity contribution >= 4 is 34.9 Å². The molecule has 4 heterocycles. The van der Waals surface area contributed by atoms with Gasteiger partial charge in [-0.25, -0.2) is 4.98 Å². The van der Waals surface area contributed by atoms with E-state index in [4.69, 9.17) is 11.6 Å². The average Bonchev–Trinajstić information content (AvgIpc) is 3.49. The SMILES string of the molecule is O=C(Nc1ccc(OC(F)(F)Cl)cc1)c1cnc(N2CCCC2)c(-c2cnc3c(c2)C(=O)NC3)c1. The molecule has 2 N–H and O–H groups in total. The van der Waals surface area contributed by atoms with Gasteiger partial charge < -0.3 is 20.3 Å². The van der Waals surface area contributed by atoms with Gasteiger partial charge in [-0.1, -0.05) is 0 Å². The van der Waals surface area contributed by atoms with Gasteiger partial charge in [-0.2, -0.15) is 0 Å². The highest BCUT2D eigenvalue weighted by Gasteiger charge is 2.27. The smallest absolute Gasteiger partial charge is 0.420 e. The number of anilines is 2. The van der Waals surface area contributed by atoms with Crippen molar-refractivity contribution in [2.45, 2.75) is 25.0 Å². The Kier molecular flexibility index (Phi) is 5.98. The Bertz CT molecular complexity index is 1290. The van der Waals surface area contributed by atoms with E-state index in [2.05, 4.69) is 30.2 Å². The molecule has 2 amide bonds. The molecule has 0 saturated carbocycles. The maximum atomic E-state index is 13.0. The number of alkyl halides is 3. The first kappa shape index (κ1) is 23.0. The van der Waals surface area contributed by atoms with Crippen molar-refractivity contribution in [1.82, 2.24) is 15.3 Å². The first-order chi connectivity index (χ1) is 16.8. The predicted octanol–water partition coefficient (Wildman–Crippen LogP) is 4.41. The molecule has 5 rings (SSSR count). The number of halogens is 3. The number of pyridine rings is 2. The van der Waals surface area contributed by atoms with Crippen LogP contribution < -0.4 is 20.3 Å². The van der Waals surface area contributed by atoms with Gasteiger partial charge in [0, 0.05) is 53.9 Å². The van der Waals surface area contributed by atoms with Crippen LogP contribution in [-0.4, -0.2) is 40.4 Å². The van der Waals surface area contributed by atoms with Crippen LogP contribution in [0.4, 0.5) is 20.3 Å². The second-order valence-electron chi connectivity index (χ2n) is 8.22. The van der Waals surface area contributed by atoms with E-state index >= 15 is 0 Å². The topological polar surface area (TPSA) is 96.4 Å². The monoisotopic (exact) mass is 499 g/mol. The molecule has 1 fully saturated rings. The Hall–Kier alpha value is -3.79. The second-order valence-corrected chi connectivity index (χ2v) is 8.66. The van der Waals surface area contributed by atoms with Crippen LogP contribution in [0.25, 0.3) is 11.1 Å². The summed E-state index contributed by atoms with van der Waals surface area (Å²) in [7, 11) is 0. The van der Waals surface area contributed by atoms with Gasteiger partial charge in [-0.05, 0) is 49.2 Å². The minimum absolute atomic E-state index is 0.143. The highest BCUT2D eigenvalue weighted by Crippen LogP contribution is 2.33. The molecule has 11 heteroatoms. The summed E-state index contributed by atoms with van der Waals surface area (Å²) in [6, 6.07) is 8.88. The van der Waals surface area contributed by atoms with Crippen molar-refractivity contribution in [3.63, 3.8) is 0 Å². The number of fused-ring (bicyclic) bond motifs is 1. The van der Waals surface area contributed by atoms with Crippen molar-refractivity contribution < 1.29 is 23.1 Å². The van der Waals surface area contributed by atoms with E-state index in [9.17, 15) is 18.4 Å². The third-order valence-electron chi connectivity index (χ3n) is 5.82. The summed E-state index contributed by atoms with van der Waals surface area (Å²) in [6.07, 6.45) is 5.27. The zero-order valence-electron chi connectivity index (χ0n) is 18.4. The number of amides is 2. The van der Waals surface area contributed by atoms with E-state index in [-0.39, 0.29) is 11.7 Å². The summed E-state index contributed by atoms with van der Waals surface area (Å²) in [5.41, 5.74) is -0.577. The molecule has 35 heavy (non-hydrogen) atoms. The summed E-state index contributed by atoms with van der Waals surface area (Å²) >= 11 is 4.77. The van der Waals surface area contributed by atoms with Gasteiger partial charge in [0.1, 0.15) is 11.6 Å². The Balaban J connectivity index is 1.44. The van der Waals surface area contributed by atoms with Gasteiger partial charge in [0.25, 0.3) is 11.8 Å². The molecule has 0 radical (unpaired) electrons. The molecule has 1 aromatic carbocycles. The Morgan fingerprint density at radius 1 is 1.09 bits per heavy atom. The summed E-state index contributed by atoms with van der Waals surface area (Å²) in [4.78, 5) is 36.3. The molecule has 3 aromatic rings. The van der Waals surface area contributed by atoms with Crippen molar-refractivity contribution in [2.24, 2.45) is 0 Å². The third kappa shape index (κ3) is 5.02. The lowest BCUT2D eigenvalue weighted by Crippen LogP contribution is -2.21. The van der Waals surface area contributed by atoms with Gasteiger partial charge in [-0.15, -0.1) is 8.78 Å². The van der Waals surface area contributed by atoms with Crippen molar-refractivity contribution in [3.05, 3.63) is 65.6 Å². The van der Waals surface area contributed by atoms with Gasteiger partial charge in [0.15, 0.2) is 0 Å². The molecule has 180 valence electrons. The number of carbonyl (C=O) groups excluding carboxylic acids is 2. The summed E-state index contributed by atoms with van der Waals surface area (Å²) in [5.74, 6) is -0.0361. The fraction of sp³-hybridized carbons (Fsp3) is 0.250. The molecule has 8 nitrogen and oxygen atoms in total. The molecule has 0 atom stereocenters. The molecular weight excluding hydrogens is 480 g/mol. The molecule has 0 bridgehead atoms. The third-order valence-corrected chi connectivity index (χ3v) is 5.90. The summed E-state index contributed by atoms with van der Waals surface area (Å²) < 4.78 is 29.9. The van der Waals surface area contributed by atoms with Gasteiger partial charge in [0.2, 0.25) is 0 Å². The second kappa shape index (κ2) is 9.10. The standard InChI is InChI=1S/C24H20ClF2N5O3/c25-24(26,27)35-17-5-3-16(4-6-17)31-22(33)15-10-18(21(29-12-15)32-7-1-2-8-32)14-9-19-20(28-11-14)13-30-23(19)34/h3-6,9-12H,1-2,7-8,13H2,(H,30,34)(H,31,33). The molecule has 0 unspecified atom stereocenters. The van der Waals surface area contributed by atoms with Gasteiger partial charge in [0.05, 0.1) is 23.4 Å². The van der Waals surface area contributed by atoms with E-state index in [0.29, 0.717) is 40.2 Å². The maximum absolute atomic E-state index is 13.0. The minimum Gasteiger partial charge on any atom is -0.420 e. The average molecular weight is 500 g/mol. The van der Waals surface area contributed by atoms with Crippen LogP contribution in [0.2, 0.25) is 0 Å². The maximum Gasteiger partial charge on any atom is 0.487 e. The Morgan fingerprint density at radius 3 is 2.54 bits per heavy atom. The van der Waals surface area contributed by atoms with Crippen molar-refractivity contribution in [3.8, 4) is 16.9 Å². The zero-order valence-corrected chi connectivity index (χ0v) is 19.1. The molecular formula is C24H20ClF2N5O3. The van der Waals surface area contributed by atoms with E-state index < -0.39 is 11.5 Å². The number of hydrogen-bond donors (Lipinski definition) is 2. The molecule has 2 aromatic heterocycles. The highest BCUT2D eigenvalue weighted by molar-refractivity contribution is 6.20. The normalized spacial score (nSPS) is 15.1. The molecule has 0 aliphatic carbocycles. The number of aromatic nitrogens is 2. The number of ether oxygens (including phenoxy) is 1. The van der Waals surface area contributed by atoms with Crippen LogP contribution in [0, 0.1) is 0 Å². The lowest BCUT2D eigenvalue weighted by molar-refractivity contribution is -0.0964. The zero-order chi connectivity index (χ0) is 24.6. The van der Waals surface area contributed by atoms with Crippen molar-refractivity contribution in [1.29, 1.82) is 0 Å². The van der Waals surface area contributed by atoms with E-state index in [0.717, 1.165) is 31.7 Å². The summed E-state index contributed by atoms with van der Waals surface area (Å²) in [6.45, 7) is 2.08. The number of nitrogens with zero attached hydrogens (tertiary/aromatic N) is 3. The first-order valence-corrected chi connectivity index (χ1v) is 11.3. The summed E-state index contributed by atoms with van der Waals surface area (Å²) in [5, 5.41) is 5.47. The van der Waals surface area contributed by atoms with Crippen LogP contribution in [0.5, 0.6) is 5.75 Å². The predicted molar refractivity (Wildman–Crippen MR) is 126 cm³/mol. The fourth-order valence-electron chi connectivity index (χ4n) is 4.16. The quantitative estimate of drug-likeness (QED) is 0.488. The largest absolute Gasteiger partial charge is 0.487 e. The number of benzene rings is 1. The van der Waals surface area contributed by atoms with E-state index in [1.54, 1.807) is 18.3 Å². The highest BCUT2D eigenvalue weighted by atomic mass is 35.5. The lowest BCUT2D eigenvalue weighted by atomic mass is 10.0. The van der Waals surface area contributed by atoms with Crippen molar-refractivity contribution in [2.75, 3.05) is 23.3 Å². The minimum atomic E-state index is -3.82. The lowest BCUT2D eigenvalue weighted by Gasteiger charge is -2.21. The van der Waals surface area contributed by atoms with E-state index in [1.165, 1.54) is 30.5 Å². The molecule has 1 saturated heterocycles. The molecule has 2 aliphatic heterocycles. The van der Waals surface area contributed by atoms with Gasteiger partial charge in [-0.3, -0.25) is 14.6 Å². The number of carbonyl (C=O) groups is 2. The van der Waals surface area contributed by atoms with Crippen LogP contribution in [-0.2, 0) is 6.54 Å². The van der Waals surface area contributed by atoms with Gasteiger partial charge >= 0.3 is 5.57 Å². The Labute approximate surface area is 204 Å². The van der Waals surface area contributed by atoms with Crippen LogP contribution >= 0.6 is 11.6 Å². The van der Waals surface area contributed by atoms with E-state index in [1.807, 2.05) is 0 Å². The van der Waals surface area contributed by atoms with Crippen LogP contribution in [0.1, 0.15) is 39.3 Å². The van der Waals surface area contributed by atoms with Crippen LogP contribution in [0.3, 0.4) is 0 Å². The Morgan fingerprint density at radius 2 is 1.83 bits per heavy atom. The first-order valence-electron chi connectivity index (χ1n) is 11.0. The number of hydrogen-bond acceptors (Lipinski definition) is 6. The molecule has 2 aliphatic rings. The number of nitrogens with one attached hydrogen (secondary N) is 2. The molecule has 0 spiro atoms. The number of rotatable bonds is 6. The van der Waals surface area contributed by atoms with Crippen LogP contribution in [0.15, 0.2) is 48.8 Å².